The van der Waals surface area contributed by atoms with E-state index in [-0.39, 0.29) is 36.3 Å². The Labute approximate surface area is 141 Å². The molecule has 1 aliphatic heterocycles. The van der Waals surface area contributed by atoms with Gasteiger partial charge in [0.25, 0.3) is 0 Å². The minimum atomic E-state index is -0.332. The van der Waals surface area contributed by atoms with Crippen LogP contribution in [0.2, 0.25) is 0 Å². The van der Waals surface area contributed by atoms with E-state index in [1.807, 2.05) is 0 Å². The highest BCUT2D eigenvalue weighted by Crippen LogP contribution is 2.24. The molecule has 1 heterocycles. The fraction of sp³-hybridized carbons (Fsp3) is 0.556. The summed E-state index contributed by atoms with van der Waals surface area (Å²) in [4.78, 5) is 26.0. The molecule has 1 saturated carbocycles. The Balaban J connectivity index is 1.54. The standard InChI is InChI=1S/C18H24FN3O2/c1-12-4-2-3-5-16(12)21-18(24)20-14-10-17(23)22(11-14)15-8-6-13(19)7-9-15/h6-9,12,14,16H,2-5,10-11H2,1H3,(H2,20,21,24)/t12-,14-,16+/m1/s1. The van der Waals surface area contributed by atoms with Crippen LogP contribution in [0.15, 0.2) is 24.3 Å². The van der Waals surface area contributed by atoms with E-state index in [0.717, 1.165) is 19.3 Å². The van der Waals surface area contributed by atoms with E-state index in [4.69, 9.17) is 0 Å². The molecule has 6 heteroatoms. The molecule has 3 rings (SSSR count). The summed E-state index contributed by atoms with van der Waals surface area (Å²) in [5.41, 5.74) is 0.659. The lowest BCUT2D eigenvalue weighted by atomic mass is 9.86. The highest BCUT2D eigenvalue weighted by molar-refractivity contribution is 5.96. The van der Waals surface area contributed by atoms with Crippen LogP contribution in [0.5, 0.6) is 0 Å². The Kier molecular flexibility index (Phi) is 5.02. The summed E-state index contributed by atoms with van der Waals surface area (Å²) >= 11 is 0. The molecule has 24 heavy (non-hydrogen) atoms. The first kappa shape index (κ1) is 16.7. The maximum atomic E-state index is 13.0. The smallest absolute Gasteiger partial charge is 0.315 e. The van der Waals surface area contributed by atoms with Crippen molar-refractivity contribution in [2.75, 3.05) is 11.4 Å². The molecule has 2 fully saturated rings. The lowest BCUT2D eigenvalue weighted by molar-refractivity contribution is -0.117. The Morgan fingerprint density at radius 3 is 2.58 bits per heavy atom. The van der Waals surface area contributed by atoms with E-state index in [1.165, 1.54) is 18.6 Å². The molecule has 1 saturated heterocycles. The van der Waals surface area contributed by atoms with Crippen LogP contribution in [0.4, 0.5) is 14.9 Å². The van der Waals surface area contributed by atoms with Gasteiger partial charge in [0.05, 0.1) is 6.04 Å². The van der Waals surface area contributed by atoms with E-state index in [0.29, 0.717) is 18.2 Å². The predicted octanol–water partition coefficient (Wildman–Crippen LogP) is 2.81. The molecule has 2 N–H and O–H groups in total. The predicted molar refractivity (Wildman–Crippen MR) is 90.2 cm³/mol. The van der Waals surface area contributed by atoms with Gasteiger partial charge in [-0.2, -0.15) is 0 Å². The van der Waals surface area contributed by atoms with Gasteiger partial charge in [0, 0.05) is 24.7 Å². The number of benzene rings is 1. The summed E-state index contributed by atoms with van der Waals surface area (Å²) in [6.45, 7) is 2.58. The van der Waals surface area contributed by atoms with E-state index < -0.39 is 0 Å². The number of nitrogens with one attached hydrogen (secondary N) is 2. The highest BCUT2D eigenvalue weighted by Gasteiger charge is 2.32. The van der Waals surface area contributed by atoms with Gasteiger partial charge in [-0.05, 0) is 43.0 Å². The van der Waals surface area contributed by atoms with Crippen LogP contribution in [0.1, 0.15) is 39.0 Å². The fourth-order valence-corrected chi connectivity index (χ4v) is 3.60. The van der Waals surface area contributed by atoms with Crippen molar-refractivity contribution in [1.82, 2.24) is 10.6 Å². The molecule has 0 spiro atoms. The molecule has 5 nitrogen and oxygen atoms in total. The van der Waals surface area contributed by atoms with Crippen LogP contribution >= 0.6 is 0 Å². The molecule has 2 aliphatic rings. The number of rotatable bonds is 3. The van der Waals surface area contributed by atoms with Crippen molar-refractivity contribution in [3.63, 3.8) is 0 Å². The second kappa shape index (κ2) is 7.20. The number of nitrogens with zero attached hydrogens (tertiary/aromatic N) is 1. The number of hydrogen-bond donors (Lipinski definition) is 2. The Morgan fingerprint density at radius 1 is 1.17 bits per heavy atom. The van der Waals surface area contributed by atoms with E-state index in [1.54, 1.807) is 17.0 Å². The number of carbonyl (C=O) groups is 2. The monoisotopic (exact) mass is 333 g/mol. The van der Waals surface area contributed by atoms with Crippen molar-refractivity contribution in [2.45, 2.75) is 51.1 Å². The van der Waals surface area contributed by atoms with Crippen LogP contribution in [-0.4, -0.2) is 30.6 Å². The highest BCUT2D eigenvalue weighted by atomic mass is 19.1. The molecule has 0 radical (unpaired) electrons. The third-order valence-electron chi connectivity index (χ3n) is 5.03. The number of halogens is 1. The number of amides is 3. The van der Waals surface area contributed by atoms with Crippen LogP contribution in [0, 0.1) is 11.7 Å². The van der Waals surface area contributed by atoms with Gasteiger partial charge in [-0.15, -0.1) is 0 Å². The van der Waals surface area contributed by atoms with E-state index in [9.17, 15) is 14.0 Å². The molecule has 130 valence electrons. The van der Waals surface area contributed by atoms with Crippen LogP contribution in [-0.2, 0) is 4.79 Å². The van der Waals surface area contributed by atoms with Gasteiger partial charge in [-0.1, -0.05) is 19.8 Å². The topological polar surface area (TPSA) is 61.4 Å². The largest absolute Gasteiger partial charge is 0.335 e. The first-order valence-corrected chi connectivity index (χ1v) is 8.66. The van der Waals surface area contributed by atoms with Gasteiger partial charge in [0.15, 0.2) is 0 Å². The number of anilines is 1. The summed E-state index contributed by atoms with van der Waals surface area (Å²) in [5, 5.41) is 5.94. The zero-order valence-corrected chi connectivity index (χ0v) is 13.9. The summed E-state index contributed by atoms with van der Waals surface area (Å²) < 4.78 is 13.0. The average Bonchev–Trinajstić information content (AvgIpc) is 2.90. The van der Waals surface area contributed by atoms with Crippen molar-refractivity contribution in [2.24, 2.45) is 5.92 Å². The first-order valence-electron chi connectivity index (χ1n) is 8.66. The van der Waals surface area contributed by atoms with Gasteiger partial charge < -0.3 is 15.5 Å². The zero-order valence-electron chi connectivity index (χ0n) is 13.9. The maximum absolute atomic E-state index is 13.0. The van der Waals surface area contributed by atoms with Gasteiger partial charge >= 0.3 is 6.03 Å². The summed E-state index contributed by atoms with van der Waals surface area (Å²) in [6.07, 6.45) is 4.80. The minimum absolute atomic E-state index is 0.0575. The van der Waals surface area contributed by atoms with E-state index >= 15 is 0 Å². The Bertz CT molecular complexity index is 605. The molecular formula is C18H24FN3O2. The molecule has 1 aliphatic carbocycles. The lowest BCUT2D eigenvalue weighted by Crippen LogP contribution is -2.49. The normalized spacial score (nSPS) is 27.2. The van der Waals surface area contributed by atoms with E-state index in [2.05, 4.69) is 17.6 Å². The molecule has 3 amide bonds. The second-order valence-electron chi connectivity index (χ2n) is 6.87. The summed E-state index contributed by atoms with van der Waals surface area (Å²) in [6, 6.07) is 5.62. The number of carbonyl (C=O) groups excluding carboxylic acids is 2. The molecular weight excluding hydrogens is 309 g/mol. The molecule has 0 aromatic heterocycles. The summed E-state index contributed by atoms with van der Waals surface area (Å²) in [5.74, 6) is 0.101. The van der Waals surface area contributed by atoms with Crippen molar-refractivity contribution in [3.05, 3.63) is 30.1 Å². The zero-order chi connectivity index (χ0) is 17.1. The molecule has 0 unspecified atom stereocenters. The van der Waals surface area contributed by atoms with Gasteiger partial charge in [-0.3, -0.25) is 4.79 Å². The molecule has 3 atom stereocenters. The lowest BCUT2D eigenvalue weighted by Gasteiger charge is -2.30. The third kappa shape index (κ3) is 3.86. The van der Waals surface area contributed by atoms with Crippen LogP contribution in [0.3, 0.4) is 0 Å². The van der Waals surface area contributed by atoms with Crippen molar-refractivity contribution >= 4 is 17.6 Å². The first-order chi connectivity index (χ1) is 11.5. The Morgan fingerprint density at radius 2 is 1.88 bits per heavy atom. The SMILES string of the molecule is C[C@@H]1CCCC[C@@H]1NC(=O)N[C@@H]1CC(=O)N(c2ccc(F)cc2)C1. The van der Waals surface area contributed by atoms with Crippen molar-refractivity contribution in [1.29, 1.82) is 0 Å². The van der Waals surface area contributed by atoms with Crippen LogP contribution < -0.4 is 15.5 Å². The second-order valence-corrected chi connectivity index (χ2v) is 6.87. The van der Waals surface area contributed by atoms with Crippen LogP contribution in [0.25, 0.3) is 0 Å². The third-order valence-corrected chi connectivity index (χ3v) is 5.03. The van der Waals surface area contributed by atoms with Gasteiger partial charge in [-0.25, -0.2) is 9.18 Å². The summed E-state index contributed by atoms with van der Waals surface area (Å²) in [7, 11) is 0. The molecule has 1 aromatic carbocycles. The minimum Gasteiger partial charge on any atom is -0.335 e. The number of hydrogen-bond acceptors (Lipinski definition) is 2. The quantitative estimate of drug-likeness (QED) is 0.893. The van der Waals surface area contributed by atoms with Crippen molar-refractivity contribution in [3.8, 4) is 0 Å². The molecule has 0 bridgehead atoms. The maximum Gasteiger partial charge on any atom is 0.315 e. The van der Waals surface area contributed by atoms with Gasteiger partial charge in [0.1, 0.15) is 5.82 Å². The van der Waals surface area contributed by atoms with Gasteiger partial charge in [0.2, 0.25) is 5.91 Å². The molecule has 1 aromatic rings. The Hall–Kier alpha value is -2.11. The number of urea groups is 1. The van der Waals surface area contributed by atoms with Crippen molar-refractivity contribution < 1.29 is 14.0 Å². The fourth-order valence-electron chi connectivity index (χ4n) is 3.60. The average molecular weight is 333 g/mol.